The van der Waals surface area contributed by atoms with Gasteiger partial charge < -0.3 is 14.1 Å². The minimum atomic E-state index is -0.346. The van der Waals surface area contributed by atoms with E-state index in [0.717, 1.165) is 5.56 Å². The number of hydrogen-bond donors (Lipinski definition) is 0. The summed E-state index contributed by atoms with van der Waals surface area (Å²) in [7, 11) is 3.73. The van der Waals surface area contributed by atoms with Gasteiger partial charge in [0, 0.05) is 37.4 Å². The Labute approximate surface area is 149 Å². The number of hydrogen-bond acceptors (Lipinski definition) is 8. The summed E-state index contributed by atoms with van der Waals surface area (Å²) in [5.74, 6) is 1.11. The first kappa shape index (κ1) is 17.1. The summed E-state index contributed by atoms with van der Waals surface area (Å²) < 4.78 is 10.9. The summed E-state index contributed by atoms with van der Waals surface area (Å²) >= 11 is 1.55. The molecular weight excluding hydrogens is 340 g/mol. The average Bonchev–Trinajstić information content (AvgIpc) is 3.24. The number of ether oxygens (including phenoxy) is 1. The Morgan fingerprint density at radius 1 is 1.28 bits per heavy atom. The zero-order valence-corrected chi connectivity index (χ0v) is 15.0. The van der Waals surface area contributed by atoms with Gasteiger partial charge >= 0.3 is 5.97 Å². The first-order valence-electron chi connectivity index (χ1n) is 7.76. The van der Waals surface area contributed by atoms with Gasteiger partial charge in [-0.15, -0.1) is 0 Å². The van der Waals surface area contributed by atoms with Crippen molar-refractivity contribution in [2.24, 2.45) is 0 Å². The van der Waals surface area contributed by atoms with Crippen molar-refractivity contribution in [2.75, 3.05) is 25.6 Å². The second kappa shape index (κ2) is 7.43. The van der Waals surface area contributed by atoms with Crippen LogP contribution in [0.2, 0.25) is 0 Å². The molecule has 0 bridgehead atoms. The van der Waals surface area contributed by atoms with Crippen LogP contribution in [0, 0.1) is 0 Å². The van der Waals surface area contributed by atoms with Crippen LogP contribution in [0.1, 0.15) is 12.7 Å². The molecule has 0 radical (unpaired) electrons. The van der Waals surface area contributed by atoms with E-state index in [0.29, 0.717) is 35.5 Å². The Morgan fingerprint density at radius 2 is 2.04 bits per heavy atom. The van der Waals surface area contributed by atoms with Gasteiger partial charge in [-0.25, -0.2) is 15.0 Å². The summed E-state index contributed by atoms with van der Waals surface area (Å²) in [5.41, 5.74) is 2.20. The summed E-state index contributed by atoms with van der Waals surface area (Å²) in [6.45, 7) is 2.10. The third-order valence-electron chi connectivity index (χ3n) is 3.39. The predicted molar refractivity (Wildman–Crippen MR) is 95.5 cm³/mol. The maximum Gasteiger partial charge on any atom is 0.313 e. The molecule has 0 aromatic carbocycles. The van der Waals surface area contributed by atoms with Gasteiger partial charge in [-0.3, -0.25) is 4.79 Å². The van der Waals surface area contributed by atoms with Gasteiger partial charge in [-0.2, -0.15) is 11.3 Å². The molecule has 0 fully saturated rings. The molecular formula is C17H18N4O3S. The Morgan fingerprint density at radius 3 is 2.64 bits per heavy atom. The summed E-state index contributed by atoms with van der Waals surface area (Å²) in [4.78, 5) is 26.8. The second-order valence-corrected chi connectivity index (χ2v) is 6.23. The lowest BCUT2D eigenvalue weighted by Gasteiger charge is -2.08. The number of oxazole rings is 1. The highest BCUT2D eigenvalue weighted by Gasteiger charge is 2.20. The highest BCUT2D eigenvalue weighted by molar-refractivity contribution is 7.08. The highest BCUT2D eigenvalue weighted by Crippen LogP contribution is 2.30. The minimum absolute atomic E-state index is 0.0304. The van der Waals surface area contributed by atoms with E-state index in [1.54, 1.807) is 30.7 Å². The van der Waals surface area contributed by atoms with Crippen LogP contribution in [0.4, 0.5) is 5.95 Å². The van der Waals surface area contributed by atoms with E-state index < -0.39 is 0 Å². The van der Waals surface area contributed by atoms with Crippen molar-refractivity contribution in [3.05, 3.63) is 35.0 Å². The molecule has 130 valence electrons. The lowest BCUT2D eigenvalue weighted by atomic mass is 10.2. The van der Waals surface area contributed by atoms with Crippen molar-refractivity contribution in [1.29, 1.82) is 0 Å². The lowest BCUT2D eigenvalue weighted by molar-refractivity contribution is -0.142. The molecule has 7 nitrogen and oxygen atoms in total. The fraction of sp³-hybridized carbons (Fsp3) is 0.294. The number of aromatic nitrogens is 3. The predicted octanol–water partition coefficient (Wildman–Crippen LogP) is 3.03. The first-order valence-corrected chi connectivity index (χ1v) is 8.70. The van der Waals surface area contributed by atoms with Crippen LogP contribution in [0.15, 0.2) is 33.6 Å². The summed E-state index contributed by atoms with van der Waals surface area (Å²) in [5, 5.41) is 3.91. The van der Waals surface area contributed by atoms with E-state index >= 15 is 0 Å². The molecule has 0 spiro atoms. The van der Waals surface area contributed by atoms with E-state index in [9.17, 15) is 4.79 Å². The number of esters is 1. The molecule has 3 rings (SSSR count). The van der Waals surface area contributed by atoms with E-state index in [1.807, 2.05) is 35.8 Å². The molecule has 8 heteroatoms. The molecule has 0 aliphatic carbocycles. The second-order valence-electron chi connectivity index (χ2n) is 5.45. The smallest absolute Gasteiger partial charge is 0.313 e. The Hall–Kier alpha value is -2.74. The number of nitrogens with zero attached hydrogens (tertiary/aromatic N) is 4. The molecule has 0 amide bonds. The molecule has 0 aliphatic heterocycles. The Bertz CT molecular complexity index is 841. The maximum absolute atomic E-state index is 11.9. The van der Waals surface area contributed by atoms with E-state index in [2.05, 4.69) is 15.0 Å². The van der Waals surface area contributed by atoms with Crippen molar-refractivity contribution in [3.63, 3.8) is 0 Å². The maximum atomic E-state index is 11.9. The first-order chi connectivity index (χ1) is 12.1. The molecule has 0 atom stereocenters. The zero-order chi connectivity index (χ0) is 17.8. The largest absolute Gasteiger partial charge is 0.466 e. The van der Waals surface area contributed by atoms with Crippen LogP contribution < -0.4 is 4.90 Å². The van der Waals surface area contributed by atoms with Crippen LogP contribution in [0.5, 0.6) is 0 Å². The molecule has 0 saturated carbocycles. The number of thiophene rings is 1. The minimum Gasteiger partial charge on any atom is -0.466 e. The van der Waals surface area contributed by atoms with Gasteiger partial charge in [-0.1, -0.05) is 0 Å². The molecule has 3 aromatic rings. The normalized spacial score (nSPS) is 10.7. The van der Waals surface area contributed by atoms with Gasteiger partial charge in [0.1, 0.15) is 17.9 Å². The Kier molecular flexibility index (Phi) is 5.08. The van der Waals surface area contributed by atoms with Gasteiger partial charge in [0.05, 0.1) is 12.2 Å². The highest BCUT2D eigenvalue weighted by atomic mass is 32.1. The van der Waals surface area contributed by atoms with Crippen LogP contribution in [0.3, 0.4) is 0 Å². The van der Waals surface area contributed by atoms with Crippen LogP contribution in [0.25, 0.3) is 22.7 Å². The molecule has 3 aromatic heterocycles. The standard InChI is InChI=1S/C17H18N4O3S/c1-4-23-14(22)7-13-15(11-5-6-25-10-11)20-16(24-13)12-8-18-17(19-9-12)21(2)3/h5-6,8-10H,4,7H2,1-3H3. The number of anilines is 1. The lowest BCUT2D eigenvalue weighted by Crippen LogP contribution is -2.12. The Balaban J connectivity index is 1.96. The van der Waals surface area contributed by atoms with Gasteiger partial charge in [0.2, 0.25) is 11.8 Å². The van der Waals surface area contributed by atoms with Gasteiger partial charge in [-0.05, 0) is 18.4 Å². The van der Waals surface area contributed by atoms with Gasteiger partial charge in [0.15, 0.2) is 0 Å². The van der Waals surface area contributed by atoms with Gasteiger partial charge in [0.25, 0.3) is 0 Å². The van der Waals surface area contributed by atoms with Crippen LogP contribution >= 0.6 is 11.3 Å². The molecule has 3 heterocycles. The van der Waals surface area contributed by atoms with Crippen molar-refractivity contribution < 1.29 is 13.9 Å². The third kappa shape index (κ3) is 3.85. The van der Waals surface area contributed by atoms with Crippen molar-refractivity contribution in [1.82, 2.24) is 15.0 Å². The number of rotatable bonds is 6. The quantitative estimate of drug-likeness (QED) is 0.626. The SMILES string of the molecule is CCOC(=O)Cc1oc(-c2cnc(N(C)C)nc2)nc1-c1ccsc1. The summed E-state index contributed by atoms with van der Waals surface area (Å²) in [6.07, 6.45) is 3.34. The van der Waals surface area contributed by atoms with Crippen LogP contribution in [-0.2, 0) is 16.0 Å². The fourth-order valence-corrected chi connectivity index (χ4v) is 2.87. The summed E-state index contributed by atoms with van der Waals surface area (Å²) in [6, 6.07) is 1.94. The topological polar surface area (TPSA) is 81.4 Å². The van der Waals surface area contributed by atoms with Crippen molar-refractivity contribution in [2.45, 2.75) is 13.3 Å². The van der Waals surface area contributed by atoms with E-state index in [4.69, 9.17) is 9.15 Å². The zero-order valence-electron chi connectivity index (χ0n) is 14.2. The van der Waals surface area contributed by atoms with Crippen LogP contribution in [-0.4, -0.2) is 41.6 Å². The van der Waals surface area contributed by atoms with Crippen molar-refractivity contribution >= 4 is 23.3 Å². The average molecular weight is 358 g/mol. The molecule has 0 aliphatic rings. The molecule has 25 heavy (non-hydrogen) atoms. The number of carbonyl (C=O) groups excluding carboxylic acids is 1. The number of carbonyl (C=O) groups is 1. The molecule has 0 unspecified atom stereocenters. The van der Waals surface area contributed by atoms with E-state index in [1.165, 1.54) is 0 Å². The molecule has 0 saturated heterocycles. The fourth-order valence-electron chi connectivity index (χ4n) is 2.23. The molecule has 0 N–H and O–H groups in total. The monoisotopic (exact) mass is 358 g/mol. The third-order valence-corrected chi connectivity index (χ3v) is 4.07. The van der Waals surface area contributed by atoms with E-state index in [-0.39, 0.29) is 12.4 Å². The van der Waals surface area contributed by atoms with Crippen molar-refractivity contribution in [3.8, 4) is 22.7 Å².